The topological polar surface area (TPSA) is 15.3 Å². The van der Waals surface area contributed by atoms with Gasteiger partial charge in [-0.15, -0.1) is 23.7 Å². The van der Waals surface area contributed by atoms with Gasteiger partial charge in [-0.2, -0.15) is 0 Å². The molecule has 0 aromatic carbocycles. The molecule has 98 valence electrons. The molecular weight excluding hydrogens is 252 g/mol. The molecule has 0 spiro atoms. The van der Waals surface area contributed by atoms with Crippen LogP contribution in [0.15, 0.2) is 12.1 Å². The number of hydrogen-bond acceptors (Lipinski definition) is 3. The third-order valence-corrected chi connectivity index (χ3v) is 4.18. The van der Waals surface area contributed by atoms with E-state index in [1.54, 1.807) is 0 Å². The van der Waals surface area contributed by atoms with Gasteiger partial charge in [-0.3, -0.25) is 0 Å². The minimum Gasteiger partial charge on any atom is -0.316 e. The van der Waals surface area contributed by atoms with E-state index in [1.807, 2.05) is 11.3 Å². The minimum atomic E-state index is 0. The van der Waals surface area contributed by atoms with E-state index in [9.17, 15) is 0 Å². The summed E-state index contributed by atoms with van der Waals surface area (Å²) >= 11 is 1.92. The summed E-state index contributed by atoms with van der Waals surface area (Å²) in [6, 6.07) is 4.48. The van der Waals surface area contributed by atoms with Gasteiger partial charge in [0.1, 0.15) is 0 Å². The molecule has 17 heavy (non-hydrogen) atoms. The second kappa shape index (κ2) is 7.37. The molecule has 2 nitrogen and oxygen atoms in total. The van der Waals surface area contributed by atoms with E-state index in [-0.39, 0.29) is 12.4 Å². The van der Waals surface area contributed by atoms with Gasteiger partial charge in [0, 0.05) is 22.8 Å². The molecule has 1 aromatic rings. The van der Waals surface area contributed by atoms with E-state index in [0.717, 1.165) is 12.5 Å². The van der Waals surface area contributed by atoms with Crippen LogP contribution in [0.25, 0.3) is 0 Å². The maximum absolute atomic E-state index is 3.48. The summed E-state index contributed by atoms with van der Waals surface area (Å²) in [5, 5.41) is 3.48. The summed E-state index contributed by atoms with van der Waals surface area (Å²) in [5.74, 6) is 0.847. The highest BCUT2D eigenvalue weighted by Gasteiger charge is 2.15. The second-order valence-electron chi connectivity index (χ2n) is 4.92. The largest absolute Gasteiger partial charge is 0.316 e. The Balaban J connectivity index is 0.00000144. The average molecular weight is 275 g/mol. The average Bonchev–Trinajstić information content (AvgIpc) is 2.65. The number of hydrogen-bond donors (Lipinski definition) is 1. The summed E-state index contributed by atoms with van der Waals surface area (Å²) in [7, 11) is 2.24. The molecule has 0 bridgehead atoms. The fourth-order valence-electron chi connectivity index (χ4n) is 2.42. The predicted molar refractivity (Wildman–Crippen MR) is 78.2 cm³/mol. The summed E-state index contributed by atoms with van der Waals surface area (Å²) < 4.78 is 0. The summed E-state index contributed by atoms with van der Waals surface area (Å²) in [6.07, 6.45) is 2.73. The van der Waals surface area contributed by atoms with Gasteiger partial charge in [0.05, 0.1) is 0 Å². The van der Waals surface area contributed by atoms with Crippen molar-refractivity contribution >= 4 is 23.7 Å². The number of rotatable bonds is 4. The number of aryl methyl sites for hydroxylation is 1. The molecular formula is C13H23ClN2S. The number of thiophene rings is 1. The first-order chi connectivity index (χ1) is 7.74. The van der Waals surface area contributed by atoms with Gasteiger partial charge >= 0.3 is 0 Å². The standard InChI is InChI=1S/C13H22N2S.ClH/c1-11-5-6-13(16-11)10-15(2)9-12-4-3-7-14-8-12;/h5-6,12,14H,3-4,7-10H2,1-2H3;1H. The molecule has 1 aliphatic rings. The van der Waals surface area contributed by atoms with Crippen molar-refractivity contribution in [2.24, 2.45) is 5.92 Å². The second-order valence-corrected chi connectivity index (χ2v) is 6.29. The van der Waals surface area contributed by atoms with Gasteiger partial charge in [-0.25, -0.2) is 0 Å². The highest BCUT2D eigenvalue weighted by molar-refractivity contribution is 7.11. The van der Waals surface area contributed by atoms with Crippen molar-refractivity contribution in [3.8, 4) is 0 Å². The molecule has 0 radical (unpaired) electrons. The van der Waals surface area contributed by atoms with Gasteiger partial charge in [0.15, 0.2) is 0 Å². The molecule has 1 aromatic heterocycles. The lowest BCUT2D eigenvalue weighted by atomic mass is 9.99. The Kier molecular flexibility index (Phi) is 6.49. The van der Waals surface area contributed by atoms with E-state index in [4.69, 9.17) is 0 Å². The van der Waals surface area contributed by atoms with E-state index >= 15 is 0 Å². The van der Waals surface area contributed by atoms with Crippen molar-refractivity contribution in [1.82, 2.24) is 10.2 Å². The highest BCUT2D eigenvalue weighted by atomic mass is 35.5. The minimum absolute atomic E-state index is 0. The van der Waals surface area contributed by atoms with Crippen LogP contribution in [-0.4, -0.2) is 31.6 Å². The van der Waals surface area contributed by atoms with Crippen LogP contribution in [0.5, 0.6) is 0 Å². The van der Waals surface area contributed by atoms with Crippen LogP contribution in [0.3, 0.4) is 0 Å². The summed E-state index contributed by atoms with van der Waals surface area (Å²) in [6.45, 7) is 6.93. The maximum Gasteiger partial charge on any atom is 0.0325 e. The first kappa shape index (κ1) is 15.0. The van der Waals surface area contributed by atoms with Crippen LogP contribution in [0, 0.1) is 12.8 Å². The van der Waals surface area contributed by atoms with Crippen LogP contribution < -0.4 is 5.32 Å². The third kappa shape index (κ3) is 4.96. The van der Waals surface area contributed by atoms with Crippen molar-refractivity contribution in [2.45, 2.75) is 26.3 Å². The molecule has 1 aliphatic heterocycles. The lowest BCUT2D eigenvalue weighted by molar-refractivity contribution is 0.239. The normalized spacial score (nSPS) is 20.3. The molecule has 2 heterocycles. The Hall–Kier alpha value is -0.0900. The van der Waals surface area contributed by atoms with Crippen molar-refractivity contribution in [1.29, 1.82) is 0 Å². The van der Waals surface area contributed by atoms with Crippen LogP contribution in [0.1, 0.15) is 22.6 Å². The Labute approximate surface area is 115 Å². The van der Waals surface area contributed by atoms with Gasteiger partial charge in [-0.05, 0) is 58.0 Å². The zero-order valence-electron chi connectivity index (χ0n) is 10.7. The molecule has 1 atom stereocenters. The highest BCUT2D eigenvalue weighted by Crippen LogP contribution is 2.18. The Bertz CT molecular complexity index is 321. The van der Waals surface area contributed by atoms with Crippen molar-refractivity contribution in [3.63, 3.8) is 0 Å². The van der Waals surface area contributed by atoms with Crippen LogP contribution in [0.4, 0.5) is 0 Å². The molecule has 1 N–H and O–H groups in total. The fourth-order valence-corrected chi connectivity index (χ4v) is 3.39. The Morgan fingerprint density at radius 3 is 2.88 bits per heavy atom. The van der Waals surface area contributed by atoms with Crippen molar-refractivity contribution in [3.05, 3.63) is 21.9 Å². The lowest BCUT2D eigenvalue weighted by Gasteiger charge is -2.27. The molecule has 2 rings (SSSR count). The summed E-state index contributed by atoms with van der Waals surface area (Å²) in [5.41, 5.74) is 0. The first-order valence-corrected chi connectivity index (χ1v) is 7.00. The van der Waals surface area contributed by atoms with E-state index in [0.29, 0.717) is 0 Å². The van der Waals surface area contributed by atoms with E-state index in [1.165, 1.54) is 42.2 Å². The molecule has 1 fully saturated rings. The van der Waals surface area contributed by atoms with E-state index < -0.39 is 0 Å². The van der Waals surface area contributed by atoms with E-state index in [2.05, 4.69) is 36.3 Å². The van der Waals surface area contributed by atoms with Crippen molar-refractivity contribution < 1.29 is 0 Å². The fraction of sp³-hybridized carbons (Fsp3) is 0.692. The van der Waals surface area contributed by atoms with Gasteiger partial charge in [0.2, 0.25) is 0 Å². The zero-order chi connectivity index (χ0) is 11.4. The lowest BCUT2D eigenvalue weighted by Crippen LogP contribution is -2.36. The smallest absolute Gasteiger partial charge is 0.0325 e. The number of nitrogens with zero attached hydrogens (tertiary/aromatic N) is 1. The van der Waals surface area contributed by atoms with Crippen LogP contribution >= 0.6 is 23.7 Å². The quantitative estimate of drug-likeness (QED) is 0.908. The van der Waals surface area contributed by atoms with Gasteiger partial charge in [-0.1, -0.05) is 0 Å². The van der Waals surface area contributed by atoms with Crippen LogP contribution in [0.2, 0.25) is 0 Å². The molecule has 1 unspecified atom stereocenters. The predicted octanol–water partition coefficient (Wildman–Crippen LogP) is 2.91. The molecule has 0 amide bonds. The van der Waals surface area contributed by atoms with Crippen LogP contribution in [-0.2, 0) is 6.54 Å². The third-order valence-electron chi connectivity index (χ3n) is 3.19. The first-order valence-electron chi connectivity index (χ1n) is 6.18. The molecule has 0 aliphatic carbocycles. The number of nitrogens with one attached hydrogen (secondary N) is 1. The monoisotopic (exact) mass is 274 g/mol. The Morgan fingerprint density at radius 2 is 2.29 bits per heavy atom. The maximum atomic E-state index is 3.48. The SMILES string of the molecule is Cc1ccc(CN(C)CC2CCCNC2)s1.Cl. The van der Waals surface area contributed by atoms with Gasteiger partial charge in [0.25, 0.3) is 0 Å². The number of piperidine rings is 1. The number of halogens is 1. The molecule has 1 saturated heterocycles. The zero-order valence-corrected chi connectivity index (χ0v) is 12.4. The van der Waals surface area contributed by atoms with Crippen molar-refractivity contribution in [2.75, 3.05) is 26.7 Å². The molecule has 0 saturated carbocycles. The summed E-state index contributed by atoms with van der Waals surface area (Å²) in [4.78, 5) is 5.37. The Morgan fingerprint density at radius 1 is 1.47 bits per heavy atom. The van der Waals surface area contributed by atoms with Gasteiger partial charge < -0.3 is 10.2 Å². The molecule has 4 heteroatoms.